The van der Waals surface area contributed by atoms with Gasteiger partial charge in [-0.2, -0.15) is 0 Å². The molecule has 7 nitrogen and oxygen atoms in total. The summed E-state index contributed by atoms with van der Waals surface area (Å²) in [6.07, 6.45) is 1.30. The smallest absolute Gasteiger partial charge is 0.261 e. The highest BCUT2D eigenvalue weighted by molar-refractivity contribution is 6.05. The zero-order chi connectivity index (χ0) is 22.7. The van der Waals surface area contributed by atoms with Crippen molar-refractivity contribution in [2.75, 3.05) is 10.6 Å². The van der Waals surface area contributed by atoms with Gasteiger partial charge in [-0.3, -0.25) is 14.4 Å². The average molecular weight is 430 g/mol. The lowest BCUT2D eigenvalue weighted by Gasteiger charge is -2.14. The lowest BCUT2D eigenvalue weighted by atomic mass is 10.1. The number of fused-ring (bicyclic) bond motifs is 1. The predicted molar refractivity (Wildman–Crippen MR) is 120 cm³/mol. The molecule has 2 heterocycles. The van der Waals surface area contributed by atoms with Crippen LogP contribution in [0.2, 0.25) is 0 Å². The van der Waals surface area contributed by atoms with E-state index in [9.17, 15) is 18.8 Å². The maximum Gasteiger partial charge on any atom is 0.261 e. The number of aryl methyl sites for hydroxylation is 1. The highest BCUT2D eigenvalue weighted by Gasteiger charge is 2.18. The fraction of sp³-hybridized carbons (Fsp3) is 0.0833. The summed E-state index contributed by atoms with van der Waals surface area (Å²) in [6.45, 7) is 1.48. The maximum absolute atomic E-state index is 13.9. The first-order valence-electron chi connectivity index (χ1n) is 9.84. The van der Waals surface area contributed by atoms with Crippen molar-refractivity contribution in [3.8, 4) is 0 Å². The lowest BCUT2D eigenvalue weighted by Crippen LogP contribution is -2.27. The van der Waals surface area contributed by atoms with Crippen molar-refractivity contribution >= 4 is 34.2 Å². The molecule has 2 amide bonds. The van der Waals surface area contributed by atoms with Crippen LogP contribution in [0.1, 0.15) is 16.1 Å². The van der Waals surface area contributed by atoms with E-state index in [-0.39, 0.29) is 28.8 Å². The molecule has 0 aliphatic heterocycles. The van der Waals surface area contributed by atoms with Gasteiger partial charge in [0.25, 0.3) is 5.91 Å². The quantitative estimate of drug-likeness (QED) is 0.505. The number of amides is 2. The number of para-hydroxylation sites is 2. The third-order valence-electron chi connectivity index (χ3n) is 4.80. The fourth-order valence-electron chi connectivity index (χ4n) is 3.27. The van der Waals surface area contributed by atoms with Gasteiger partial charge < -0.3 is 15.2 Å². The topological polar surface area (TPSA) is 93.1 Å². The van der Waals surface area contributed by atoms with Gasteiger partial charge in [0.2, 0.25) is 11.3 Å². The molecule has 0 fully saturated rings. The van der Waals surface area contributed by atoms with Gasteiger partial charge in [0.15, 0.2) is 0 Å². The van der Waals surface area contributed by atoms with Crippen LogP contribution in [-0.2, 0) is 11.3 Å². The van der Waals surface area contributed by atoms with Crippen molar-refractivity contribution < 1.29 is 14.0 Å². The van der Waals surface area contributed by atoms with Gasteiger partial charge in [-0.1, -0.05) is 30.3 Å². The second kappa shape index (κ2) is 8.81. The van der Waals surface area contributed by atoms with Crippen molar-refractivity contribution in [1.29, 1.82) is 0 Å². The summed E-state index contributed by atoms with van der Waals surface area (Å²) < 4.78 is 15.3. The molecular formula is C24H19FN4O3. The van der Waals surface area contributed by atoms with Gasteiger partial charge in [0.1, 0.15) is 23.6 Å². The molecule has 160 valence electrons. The van der Waals surface area contributed by atoms with E-state index in [2.05, 4.69) is 15.6 Å². The maximum atomic E-state index is 13.9. The molecule has 4 rings (SSSR count). The van der Waals surface area contributed by atoms with E-state index < -0.39 is 23.1 Å². The zero-order valence-corrected chi connectivity index (χ0v) is 17.1. The number of carbonyl (C=O) groups excluding carboxylic acids is 2. The van der Waals surface area contributed by atoms with Crippen LogP contribution in [0.25, 0.3) is 11.0 Å². The van der Waals surface area contributed by atoms with E-state index in [1.165, 1.54) is 29.0 Å². The minimum absolute atomic E-state index is 0.0361. The van der Waals surface area contributed by atoms with Crippen LogP contribution < -0.4 is 16.1 Å². The van der Waals surface area contributed by atoms with E-state index >= 15 is 0 Å². The Hall–Kier alpha value is -4.33. The lowest BCUT2D eigenvalue weighted by molar-refractivity contribution is -0.116. The molecule has 2 aromatic heterocycles. The van der Waals surface area contributed by atoms with Gasteiger partial charge in [-0.15, -0.1) is 0 Å². The number of pyridine rings is 2. The number of hydrogen-bond acceptors (Lipinski definition) is 4. The van der Waals surface area contributed by atoms with Crippen LogP contribution >= 0.6 is 0 Å². The first kappa shape index (κ1) is 20.9. The standard InChI is InChI=1S/C24H19FN4O3/c1-15-11-12-17-22(31)18(24(32)27-16-7-3-2-4-8-16)13-29(23(17)26-15)14-21(30)28-20-10-6-5-9-19(20)25/h2-13H,14H2,1H3,(H,27,32)(H,28,30). The minimum Gasteiger partial charge on any atom is -0.322 e. The van der Waals surface area contributed by atoms with Crippen molar-refractivity contribution in [3.05, 3.63) is 100 Å². The molecule has 0 aliphatic carbocycles. The normalized spacial score (nSPS) is 10.7. The summed E-state index contributed by atoms with van der Waals surface area (Å²) in [4.78, 5) is 42.8. The number of aromatic nitrogens is 2. The molecule has 0 saturated heterocycles. The van der Waals surface area contributed by atoms with E-state index in [0.717, 1.165) is 0 Å². The van der Waals surface area contributed by atoms with E-state index in [1.807, 2.05) is 0 Å². The zero-order valence-electron chi connectivity index (χ0n) is 17.1. The molecule has 0 radical (unpaired) electrons. The second-order valence-corrected chi connectivity index (χ2v) is 7.17. The van der Waals surface area contributed by atoms with Crippen LogP contribution in [-0.4, -0.2) is 21.4 Å². The molecule has 4 aromatic rings. The van der Waals surface area contributed by atoms with E-state index in [4.69, 9.17) is 0 Å². The molecule has 32 heavy (non-hydrogen) atoms. The SMILES string of the molecule is Cc1ccc2c(=O)c(C(=O)Nc3ccccc3)cn(CC(=O)Nc3ccccc3F)c2n1. The highest BCUT2D eigenvalue weighted by Crippen LogP contribution is 2.15. The Morgan fingerprint density at radius 1 is 0.969 bits per heavy atom. The van der Waals surface area contributed by atoms with Gasteiger partial charge in [0, 0.05) is 17.6 Å². The Balaban J connectivity index is 1.72. The summed E-state index contributed by atoms with van der Waals surface area (Å²) in [5.41, 5.74) is 0.839. The second-order valence-electron chi connectivity index (χ2n) is 7.17. The first-order chi connectivity index (χ1) is 15.4. The number of carbonyl (C=O) groups is 2. The molecule has 2 N–H and O–H groups in total. The first-order valence-corrected chi connectivity index (χ1v) is 9.84. The molecule has 0 aliphatic rings. The average Bonchev–Trinajstić information content (AvgIpc) is 2.78. The van der Waals surface area contributed by atoms with Crippen molar-refractivity contribution in [1.82, 2.24) is 9.55 Å². The minimum atomic E-state index is -0.605. The van der Waals surface area contributed by atoms with Gasteiger partial charge in [0.05, 0.1) is 11.1 Å². The molecule has 0 atom stereocenters. The summed E-state index contributed by atoms with van der Waals surface area (Å²) in [7, 11) is 0. The third-order valence-corrected chi connectivity index (χ3v) is 4.80. The number of nitrogens with one attached hydrogen (secondary N) is 2. The summed E-state index contributed by atoms with van der Waals surface area (Å²) >= 11 is 0. The number of rotatable bonds is 5. The van der Waals surface area contributed by atoms with Crippen LogP contribution in [0.15, 0.2) is 77.7 Å². The predicted octanol–water partition coefficient (Wildman–Crippen LogP) is 3.74. The van der Waals surface area contributed by atoms with Crippen molar-refractivity contribution in [2.45, 2.75) is 13.5 Å². The summed E-state index contributed by atoms with van der Waals surface area (Å²) in [6, 6.07) is 17.8. The van der Waals surface area contributed by atoms with Crippen LogP contribution in [0.3, 0.4) is 0 Å². The largest absolute Gasteiger partial charge is 0.322 e. The molecule has 0 unspecified atom stereocenters. The molecule has 0 spiro atoms. The number of halogens is 1. The molecule has 0 bridgehead atoms. The highest BCUT2D eigenvalue weighted by atomic mass is 19.1. The van der Waals surface area contributed by atoms with E-state index in [1.54, 1.807) is 55.5 Å². The number of anilines is 2. The fourth-order valence-corrected chi connectivity index (χ4v) is 3.27. The molecule has 8 heteroatoms. The number of benzene rings is 2. The monoisotopic (exact) mass is 430 g/mol. The van der Waals surface area contributed by atoms with Gasteiger partial charge in [-0.05, 0) is 43.3 Å². The molecule has 0 saturated carbocycles. The van der Waals surface area contributed by atoms with Crippen molar-refractivity contribution in [3.63, 3.8) is 0 Å². The third kappa shape index (κ3) is 4.39. The van der Waals surface area contributed by atoms with E-state index in [0.29, 0.717) is 11.4 Å². The van der Waals surface area contributed by atoms with Crippen LogP contribution in [0.5, 0.6) is 0 Å². The Morgan fingerprint density at radius 2 is 1.69 bits per heavy atom. The van der Waals surface area contributed by atoms with Crippen LogP contribution in [0, 0.1) is 12.7 Å². The Labute approximate surface area is 182 Å². The Kier molecular flexibility index (Phi) is 5.76. The Bertz CT molecular complexity index is 1380. The molecule has 2 aromatic carbocycles. The summed E-state index contributed by atoms with van der Waals surface area (Å²) in [5, 5.41) is 5.38. The summed E-state index contributed by atoms with van der Waals surface area (Å²) in [5.74, 6) is -1.70. The van der Waals surface area contributed by atoms with Gasteiger partial charge in [-0.25, -0.2) is 9.37 Å². The molecular weight excluding hydrogens is 411 g/mol. The van der Waals surface area contributed by atoms with Gasteiger partial charge >= 0.3 is 0 Å². The Morgan fingerprint density at radius 3 is 2.44 bits per heavy atom. The number of hydrogen-bond donors (Lipinski definition) is 2. The number of nitrogens with zero attached hydrogens (tertiary/aromatic N) is 2. The van der Waals surface area contributed by atoms with Crippen molar-refractivity contribution in [2.24, 2.45) is 0 Å². The van der Waals surface area contributed by atoms with Crippen LogP contribution in [0.4, 0.5) is 15.8 Å².